The Morgan fingerprint density at radius 1 is 1.10 bits per heavy atom. The summed E-state index contributed by atoms with van der Waals surface area (Å²) in [6.07, 6.45) is 2.42. The summed E-state index contributed by atoms with van der Waals surface area (Å²) in [6.45, 7) is 5.99. The van der Waals surface area contributed by atoms with Gasteiger partial charge in [0.05, 0.1) is 23.3 Å². The quantitative estimate of drug-likeness (QED) is 0.600. The second kappa shape index (κ2) is 7.64. The predicted octanol–water partition coefficient (Wildman–Crippen LogP) is 4.32. The second-order valence-electron chi connectivity index (χ2n) is 8.97. The first-order valence-electron chi connectivity index (χ1n) is 10.8. The summed E-state index contributed by atoms with van der Waals surface area (Å²) in [5.74, 6) is 0.172. The van der Waals surface area contributed by atoms with Gasteiger partial charge in [-0.25, -0.2) is 0 Å². The fraction of sp³-hybridized carbons (Fsp3) is 0.417. The van der Waals surface area contributed by atoms with Crippen LogP contribution in [0.5, 0.6) is 0 Å². The van der Waals surface area contributed by atoms with Crippen molar-refractivity contribution in [2.45, 2.75) is 45.4 Å². The molecule has 6 nitrogen and oxygen atoms in total. The van der Waals surface area contributed by atoms with Crippen molar-refractivity contribution in [2.75, 3.05) is 13.1 Å². The molecular weight excluding hydrogens is 458 g/mol. The zero-order chi connectivity index (χ0) is 21.9. The largest absolute Gasteiger partial charge is 0.372 e. The van der Waals surface area contributed by atoms with Gasteiger partial charge >= 0.3 is 0 Å². The van der Waals surface area contributed by atoms with Gasteiger partial charge in [0.1, 0.15) is 0 Å². The van der Waals surface area contributed by atoms with Gasteiger partial charge in [-0.15, -0.1) is 0 Å². The molecule has 162 valence electrons. The van der Waals surface area contributed by atoms with Crippen molar-refractivity contribution in [3.05, 3.63) is 45.9 Å². The molecule has 1 saturated heterocycles. The molecule has 0 spiro atoms. The molecular formula is C24H26BrN3O3. The highest BCUT2D eigenvalue weighted by Gasteiger charge is 2.29. The molecule has 1 aliphatic heterocycles. The highest BCUT2D eigenvalue weighted by atomic mass is 79.9. The number of benzene rings is 2. The number of carbonyl (C=O) groups is 2. The van der Waals surface area contributed by atoms with E-state index in [9.17, 15) is 9.59 Å². The summed E-state index contributed by atoms with van der Waals surface area (Å²) < 4.78 is 8.79. The number of fused-ring (bicyclic) bond motifs is 3. The minimum atomic E-state index is -0.446. The van der Waals surface area contributed by atoms with Crippen molar-refractivity contribution in [3.8, 4) is 0 Å². The third-order valence-corrected chi connectivity index (χ3v) is 6.74. The standard InChI is InChI=1S/C24H26BrN3O3/c1-13-10-27(11-14(2)31-13)24(30)16-5-6-18-19-8-17(25)9-20(23(26)29)22(19)28(21(18)7-16)12-15-3-4-15/h5-9,13-15H,3-4,10-12H2,1-2H3,(H2,26,29)/t13-,14+. The Balaban J connectivity index is 1.67. The van der Waals surface area contributed by atoms with E-state index in [0.29, 0.717) is 30.1 Å². The van der Waals surface area contributed by atoms with Crippen LogP contribution in [-0.2, 0) is 11.3 Å². The minimum Gasteiger partial charge on any atom is -0.372 e. The highest BCUT2D eigenvalue weighted by Crippen LogP contribution is 2.38. The van der Waals surface area contributed by atoms with Gasteiger partial charge in [0.15, 0.2) is 0 Å². The van der Waals surface area contributed by atoms with Gasteiger partial charge in [0, 0.05) is 46.0 Å². The van der Waals surface area contributed by atoms with Crippen LogP contribution in [0.15, 0.2) is 34.8 Å². The zero-order valence-corrected chi connectivity index (χ0v) is 19.3. The number of amides is 2. The monoisotopic (exact) mass is 483 g/mol. The molecule has 2 fully saturated rings. The summed E-state index contributed by atoms with van der Waals surface area (Å²) in [5, 5.41) is 2.01. The molecule has 2 aliphatic rings. The van der Waals surface area contributed by atoms with Gasteiger partial charge < -0.3 is 19.9 Å². The lowest BCUT2D eigenvalue weighted by Gasteiger charge is -2.35. The molecule has 0 unspecified atom stereocenters. The summed E-state index contributed by atoms with van der Waals surface area (Å²) in [4.78, 5) is 27.4. The first-order valence-corrected chi connectivity index (χ1v) is 11.6. The summed E-state index contributed by atoms with van der Waals surface area (Å²) in [5.41, 5.74) is 8.74. The molecule has 3 aromatic rings. The minimum absolute atomic E-state index is 0.0171. The number of halogens is 1. The van der Waals surface area contributed by atoms with Crippen LogP contribution < -0.4 is 5.73 Å². The molecule has 0 radical (unpaired) electrons. The number of rotatable bonds is 4. The van der Waals surface area contributed by atoms with E-state index in [0.717, 1.165) is 32.8 Å². The normalized spacial score (nSPS) is 21.7. The molecule has 5 rings (SSSR count). The van der Waals surface area contributed by atoms with Gasteiger partial charge in [-0.2, -0.15) is 0 Å². The smallest absolute Gasteiger partial charge is 0.254 e. The van der Waals surface area contributed by atoms with Crippen LogP contribution in [0.3, 0.4) is 0 Å². The fourth-order valence-corrected chi connectivity index (χ4v) is 5.25. The molecule has 2 aromatic carbocycles. The maximum atomic E-state index is 13.3. The number of hydrogen-bond acceptors (Lipinski definition) is 3. The van der Waals surface area contributed by atoms with Crippen molar-refractivity contribution in [1.82, 2.24) is 9.47 Å². The Bertz CT molecular complexity index is 1200. The van der Waals surface area contributed by atoms with Gasteiger partial charge in [0.2, 0.25) is 0 Å². The van der Waals surface area contributed by atoms with Crippen LogP contribution in [0, 0.1) is 5.92 Å². The Morgan fingerprint density at radius 2 is 1.81 bits per heavy atom. The van der Waals surface area contributed by atoms with E-state index in [2.05, 4.69) is 20.5 Å². The van der Waals surface area contributed by atoms with Crippen LogP contribution in [0.2, 0.25) is 0 Å². The number of nitrogens with two attached hydrogens (primary N) is 1. The maximum absolute atomic E-state index is 13.3. The molecule has 7 heteroatoms. The average Bonchev–Trinajstić information content (AvgIpc) is 3.49. The van der Waals surface area contributed by atoms with Crippen molar-refractivity contribution in [1.29, 1.82) is 0 Å². The van der Waals surface area contributed by atoms with Crippen molar-refractivity contribution < 1.29 is 14.3 Å². The topological polar surface area (TPSA) is 77.6 Å². The Kier molecular flexibility index (Phi) is 5.06. The van der Waals surface area contributed by atoms with Gasteiger partial charge in [-0.05, 0) is 56.9 Å². The van der Waals surface area contributed by atoms with Crippen molar-refractivity contribution >= 4 is 49.6 Å². The second-order valence-corrected chi connectivity index (χ2v) is 9.88. The molecule has 2 heterocycles. The van der Waals surface area contributed by atoms with E-state index in [1.54, 1.807) is 6.07 Å². The molecule has 2 amide bonds. The summed E-state index contributed by atoms with van der Waals surface area (Å²) in [7, 11) is 0. The molecule has 1 aliphatic carbocycles. The van der Waals surface area contributed by atoms with Crippen LogP contribution in [0.4, 0.5) is 0 Å². The molecule has 0 bridgehead atoms. The SMILES string of the molecule is C[C@@H]1CN(C(=O)c2ccc3c4cc(Br)cc(C(N)=O)c4n(CC4CC4)c3c2)C[C@H](C)O1. The third-order valence-electron chi connectivity index (χ3n) is 6.28. The van der Waals surface area contributed by atoms with Gasteiger partial charge in [0.25, 0.3) is 11.8 Å². The number of hydrogen-bond donors (Lipinski definition) is 1. The van der Waals surface area contributed by atoms with E-state index in [-0.39, 0.29) is 18.1 Å². The van der Waals surface area contributed by atoms with E-state index in [1.807, 2.05) is 43.0 Å². The molecule has 1 aromatic heterocycles. The molecule has 2 atom stereocenters. The van der Waals surface area contributed by atoms with Crippen LogP contribution >= 0.6 is 15.9 Å². The number of aromatic nitrogens is 1. The number of ether oxygens (including phenoxy) is 1. The lowest BCUT2D eigenvalue weighted by Crippen LogP contribution is -2.48. The molecule has 2 N–H and O–H groups in total. The van der Waals surface area contributed by atoms with Crippen LogP contribution in [0.1, 0.15) is 47.4 Å². The molecule has 1 saturated carbocycles. The van der Waals surface area contributed by atoms with Crippen molar-refractivity contribution in [3.63, 3.8) is 0 Å². The maximum Gasteiger partial charge on any atom is 0.254 e. The van der Waals surface area contributed by atoms with Crippen molar-refractivity contribution in [2.24, 2.45) is 11.7 Å². The Hall–Kier alpha value is -2.38. The highest BCUT2D eigenvalue weighted by molar-refractivity contribution is 9.10. The number of morpholine rings is 1. The fourth-order valence-electron chi connectivity index (χ4n) is 4.79. The lowest BCUT2D eigenvalue weighted by molar-refractivity contribution is -0.0586. The number of nitrogens with zero attached hydrogens (tertiary/aromatic N) is 2. The first kappa shape index (κ1) is 20.5. The van der Waals surface area contributed by atoms with Gasteiger partial charge in [-0.1, -0.05) is 22.0 Å². The van der Waals surface area contributed by atoms with Gasteiger partial charge in [-0.3, -0.25) is 9.59 Å². The van der Waals surface area contributed by atoms with Crippen LogP contribution in [-0.4, -0.2) is 46.6 Å². The number of carbonyl (C=O) groups excluding carboxylic acids is 2. The van der Waals surface area contributed by atoms with E-state index < -0.39 is 5.91 Å². The first-order chi connectivity index (χ1) is 14.8. The van der Waals surface area contributed by atoms with E-state index >= 15 is 0 Å². The van der Waals surface area contributed by atoms with E-state index in [1.165, 1.54) is 12.8 Å². The summed E-state index contributed by atoms with van der Waals surface area (Å²) >= 11 is 3.52. The molecule has 31 heavy (non-hydrogen) atoms. The third kappa shape index (κ3) is 3.74. The lowest BCUT2D eigenvalue weighted by atomic mass is 10.1. The van der Waals surface area contributed by atoms with Crippen LogP contribution in [0.25, 0.3) is 21.8 Å². The summed E-state index contributed by atoms with van der Waals surface area (Å²) in [6, 6.07) is 9.68. The Morgan fingerprint density at radius 3 is 2.45 bits per heavy atom. The predicted molar refractivity (Wildman–Crippen MR) is 124 cm³/mol. The average molecular weight is 484 g/mol. The zero-order valence-electron chi connectivity index (χ0n) is 17.7. The Labute approximate surface area is 189 Å². The number of primary amides is 1. The van der Waals surface area contributed by atoms with E-state index in [4.69, 9.17) is 10.5 Å².